The lowest BCUT2D eigenvalue weighted by Gasteiger charge is -2.39. The molecule has 2 aromatic heterocycles. The zero-order valence-corrected chi connectivity index (χ0v) is 19.2. The number of ether oxygens (including phenoxy) is 3. The molecule has 4 heterocycles. The molecule has 2 aliphatic rings. The Hall–Kier alpha value is -4.04. The quantitative estimate of drug-likeness (QED) is 0.451. The summed E-state index contributed by atoms with van der Waals surface area (Å²) in [4.78, 5) is 8.81. The highest BCUT2D eigenvalue weighted by molar-refractivity contribution is 6.30. The van der Waals surface area contributed by atoms with Crippen LogP contribution in [0.2, 0.25) is 5.02 Å². The molecule has 6 rings (SSSR count). The standard InChI is InChI=1S/C25H20ClN5O3/c1-32-16-6-8-19(33-2)18(11-16)24-21-22(17-10-15(26)5-7-20(17)34-24)30-25-28-13-29-31(25)23(21)14-4-3-9-27-12-14/h3-13,23-24H,1-2H3,(H,28,29,30)/t23-,24+/m0/s1. The highest BCUT2D eigenvalue weighted by Crippen LogP contribution is 2.52. The van der Waals surface area contributed by atoms with Crippen molar-refractivity contribution in [3.05, 3.63) is 94.5 Å². The number of anilines is 1. The lowest BCUT2D eigenvalue weighted by molar-refractivity contribution is 0.217. The summed E-state index contributed by atoms with van der Waals surface area (Å²) < 4.78 is 19.8. The lowest BCUT2D eigenvalue weighted by atomic mass is 9.84. The number of halogens is 1. The van der Waals surface area contributed by atoms with Crippen LogP contribution in [0.5, 0.6) is 17.2 Å². The van der Waals surface area contributed by atoms with Crippen LogP contribution in [0.15, 0.2) is 72.8 Å². The Morgan fingerprint density at radius 1 is 1.09 bits per heavy atom. The van der Waals surface area contributed by atoms with Crippen LogP contribution in [0, 0.1) is 0 Å². The minimum Gasteiger partial charge on any atom is -0.497 e. The molecule has 0 fully saturated rings. The molecule has 9 heteroatoms. The van der Waals surface area contributed by atoms with E-state index in [1.807, 2.05) is 59.4 Å². The highest BCUT2D eigenvalue weighted by atomic mass is 35.5. The summed E-state index contributed by atoms with van der Waals surface area (Å²) in [6, 6.07) is 14.9. The fourth-order valence-electron chi connectivity index (χ4n) is 4.60. The van der Waals surface area contributed by atoms with Gasteiger partial charge in [-0.3, -0.25) is 4.98 Å². The molecule has 2 atom stereocenters. The maximum atomic E-state index is 6.65. The van der Waals surface area contributed by atoms with E-state index in [9.17, 15) is 0 Å². The molecule has 0 unspecified atom stereocenters. The Morgan fingerprint density at radius 2 is 2.00 bits per heavy atom. The molecule has 4 aromatic rings. The first-order valence-corrected chi connectivity index (χ1v) is 11.0. The van der Waals surface area contributed by atoms with Crippen molar-refractivity contribution in [1.29, 1.82) is 0 Å². The fourth-order valence-corrected chi connectivity index (χ4v) is 4.77. The zero-order chi connectivity index (χ0) is 23.2. The molecule has 0 radical (unpaired) electrons. The van der Waals surface area contributed by atoms with Crippen LogP contribution < -0.4 is 19.5 Å². The van der Waals surface area contributed by atoms with E-state index in [4.69, 9.17) is 25.8 Å². The third-order valence-electron chi connectivity index (χ3n) is 6.10. The van der Waals surface area contributed by atoms with Crippen LogP contribution in [0.25, 0.3) is 5.70 Å². The topological polar surface area (TPSA) is 83.3 Å². The summed E-state index contributed by atoms with van der Waals surface area (Å²) in [7, 11) is 3.28. The molecule has 1 N–H and O–H groups in total. The molecule has 0 spiro atoms. The summed E-state index contributed by atoms with van der Waals surface area (Å²) in [5, 5.41) is 8.60. The van der Waals surface area contributed by atoms with Gasteiger partial charge in [-0.15, -0.1) is 0 Å². The van der Waals surface area contributed by atoms with Crippen LogP contribution in [-0.2, 0) is 0 Å². The Bertz CT molecular complexity index is 1420. The number of hydrogen-bond acceptors (Lipinski definition) is 7. The van der Waals surface area contributed by atoms with Crippen molar-refractivity contribution >= 4 is 23.2 Å². The minimum atomic E-state index is -0.510. The van der Waals surface area contributed by atoms with Gasteiger partial charge in [0, 0.05) is 34.1 Å². The van der Waals surface area contributed by atoms with Gasteiger partial charge in [0.2, 0.25) is 5.95 Å². The van der Waals surface area contributed by atoms with Crippen molar-refractivity contribution in [2.24, 2.45) is 0 Å². The monoisotopic (exact) mass is 473 g/mol. The van der Waals surface area contributed by atoms with Crippen molar-refractivity contribution in [3.63, 3.8) is 0 Å². The van der Waals surface area contributed by atoms with E-state index in [1.54, 1.807) is 20.4 Å². The molecular formula is C25H20ClN5O3. The Labute approximate surface area is 200 Å². The summed E-state index contributed by atoms with van der Waals surface area (Å²) in [6.07, 6.45) is 4.60. The molecule has 8 nitrogen and oxygen atoms in total. The molecule has 0 amide bonds. The molecule has 0 bridgehead atoms. The van der Waals surface area contributed by atoms with Gasteiger partial charge in [-0.1, -0.05) is 17.7 Å². The second-order valence-electron chi connectivity index (χ2n) is 7.92. The lowest BCUT2D eigenvalue weighted by Crippen LogP contribution is -2.32. The SMILES string of the molecule is COc1ccc(OC)c([C@H]2Oc3ccc(Cl)cc3C3=C2[C@H](c2cccnc2)n2ncnc2N3)c1. The van der Waals surface area contributed by atoms with Crippen LogP contribution in [0.3, 0.4) is 0 Å². The first-order valence-electron chi connectivity index (χ1n) is 10.7. The van der Waals surface area contributed by atoms with E-state index < -0.39 is 6.10 Å². The summed E-state index contributed by atoms with van der Waals surface area (Å²) in [5.41, 5.74) is 4.43. The van der Waals surface area contributed by atoms with Gasteiger partial charge in [-0.05, 0) is 48.0 Å². The van der Waals surface area contributed by atoms with Crippen LogP contribution >= 0.6 is 11.6 Å². The van der Waals surface area contributed by atoms with E-state index in [0.29, 0.717) is 28.2 Å². The number of fused-ring (bicyclic) bond motifs is 3. The van der Waals surface area contributed by atoms with Gasteiger partial charge in [0.05, 0.1) is 19.9 Å². The predicted octanol–water partition coefficient (Wildman–Crippen LogP) is 4.90. The van der Waals surface area contributed by atoms with E-state index >= 15 is 0 Å². The number of nitrogens with one attached hydrogen (secondary N) is 1. The minimum absolute atomic E-state index is 0.324. The number of methoxy groups -OCH3 is 2. The maximum absolute atomic E-state index is 6.65. The van der Waals surface area contributed by atoms with E-state index in [0.717, 1.165) is 28.0 Å². The number of aromatic nitrogens is 4. The second kappa shape index (κ2) is 8.07. The first kappa shape index (κ1) is 20.6. The Kier molecular flexibility index (Phi) is 4.88. The van der Waals surface area contributed by atoms with Gasteiger partial charge in [-0.25, -0.2) is 4.68 Å². The number of benzene rings is 2. The van der Waals surface area contributed by atoms with Crippen molar-refractivity contribution in [1.82, 2.24) is 19.7 Å². The van der Waals surface area contributed by atoms with Crippen LogP contribution in [-0.4, -0.2) is 34.0 Å². The maximum Gasteiger partial charge on any atom is 0.226 e. The van der Waals surface area contributed by atoms with Gasteiger partial charge in [0.1, 0.15) is 29.6 Å². The van der Waals surface area contributed by atoms with Gasteiger partial charge in [-0.2, -0.15) is 10.1 Å². The van der Waals surface area contributed by atoms with Crippen molar-refractivity contribution in [2.75, 3.05) is 19.5 Å². The van der Waals surface area contributed by atoms with Crippen LogP contribution in [0.1, 0.15) is 28.8 Å². The average Bonchev–Trinajstić information content (AvgIpc) is 3.35. The number of pyridine rings is 1. The van der Waals surface area contributed by atoms with E-state index in [-0.39, 0.29) is 6.04 Å². The summed E-state index contributed by atoms with van der Waals surface area (Å²) in [6.45, 7) is 0. The van der Waals surface area contributed by atoms with E-state index in [1.165, 1.54) is 6.33 Å². The summed E-state index contributed by atoms with van der Waals surface area (Å²) >= 11 is 6.40. The van der Waals surface area contributed by atoms with Gasteiger partial charge in [0.15, 0.2) is 6.10 Å². The third kappa shape index (κ3) is 3.18. The zero-order valence-electron chi connectivity index (χ0n) is 18.4. The summed E-state index contributed by atoms with van der Waals surface area (Å²) in [5.74, 6) is 2.70. The van der Waals surface area contributed by atoms with Gasteiger partial charge < -0.3 is 19.5 Å². The van der Waals surface area contributed by atoms with Gasteiger partial charge in [0.25, 0.3) is 0 Å². The second-order valence-corrected chi connectivity index (χ2v) is 8.36. The number of nitrogens with zero attached hydrogens (tertiary/aromatic N) is 4. The predicted molar refractivity (Wildman–Crippen MR) is 127 cm³/mol. The van der Waals surface area contributed by atoms with Gasteiger partial charge >= 0.3 is 0 Å². The van der Waals surface area contributed by atoms with Crippen molar-refractivity contribution in [3.8, 4) is 17.2 Å². The van der Waals surface area contributed by atoms with Crippen molar-refractivity contribution in [2.45, 2.75) is 12.1 Å². The Morgan fingerprint density at radius 3 is 2.79 bits per heavy atom. The number of rotatable bonds is 4. The third-order valence-corrected chi connectivity index (χ3v) is 6.33. The normalized spacial score (nSPS) is 18.2. The average molecular weight is 474 g/mol. The highest BCUT2D eigenvalue weighted by Gasteiger charge is 2.42. The molecule has 2 aromatic carbocycles. The molecule has 0 aliphatic carbocycles. The number of hydrogen-bond donors (Lipinski definition) is 1. The largest absolute Gasteiger partial charge is 0.497 e. The molecule has 2 aliphatic heterocycles. The van der Waals surface area contributed by atoms with Crippen LogP contribution in [0.4, 0.5) is 5.95 Å². The molecule has 170 valence electrons. The molecular weight excluding hydrogens is 454 g/mol. The van der Waals surface area contributed by atoms with Crippen molar-refractivity contribution < 1.29 is 14.2 Å². The molecule has 0 saturated carbocycles. The molecule has 0 saturated heterocycles. The Balaban J connectivity index is 1.65. The van der Waals surface area contributed by atoms with E-state index in [2.05, 4.69) is 20.4 Å². The first-order chi connectivity index (χ1) is 16.7. The molecule has 34 heavy (non-hydrogen) atoms. The smallest absolute Gasteiger partial charge is 0.226 e. The fraction of sp³-hybridized carbons (Fsp3) is 0.160.